The van der Waals surface area contributed by atoms with E-state index >= 15 is 0 Å². The van der Waals surface area contributed by atoms with Crippen molar-refractivity contribution in [2.75, 3.05) is 13.6 Å². The van der Waals surface area contributed by atoms with Gasteiger partial charge in [-0.2, -0.15) is 0 Å². The molecule has 16 heavy (non-hydrogen) atoms. The quantitative estimate of drug-likeness (QED) is 0.622. The summed E-state index contributed by atoms with van der Waals surface area (Å²) in [5.74, 6) is 0. The van der Waals surface area contributed by atoms with Gasteiger partial charge in [0.25, 0.3) is 5.56 Å². The highest BCUT2D eigenvalue weighted by molar-refractivity contribution is 9.10. The molecule has 0 amide bonds. The molecule has 4 N–H and O–H groups in total. The highest BCUT2D eigenvalue weighted by atomic mass is 79.9. The van der Waals surface area contributed by atoms with Crippen LogP contribution in [0.25, 0.3) is 0 Å². The number of hydrogen-bond acceptors (Lipinski definition) is 4. The van der Waals surface area contributed by atoms with Crippen LogP contribution in [-0.2, 0) is 0 Å². The minimum atomic E-state index is -1.17. The first-order chi connectivity index (χ1) is 7.56. The van der Waals surface area contributed by atoms with Crippen LogP contribution in [0.5, 0.6) is 0 Å². The second-order valence-corrected chi connectivity index (χ2v) is 4.42. The van der Waals surface area contributed by atoms with Gasteiger partial charge in [-0.1, -0.05) is 0 Å². The monoisotopic (exact) mass is 290 g/mol. The summed E-state index contributed by atoms with van der Waals surface area (Å²) in [6.07, 6.45) is -0.264. The van der Waals surface area contributed by atoms with Gasteiger partial charge in [0, 0.05) is 16.2 Å². The number of H-pyrrole nitrogens is 1. The Hall–Kier alpha value is -0.690. The minimum Gasteiger partial charge on any atom is -0.390 e. The van der Waals surface area contributed by atoms with Crippen molar-refractivity contribution in [3.05, 3.63) is 32.7 Å². The van der Waals surface area contributed by atoms with Crippen molar-refractivity contribution >= 4 is 15.9 Å². The lowest BCUT2D eigenvalue weighted by Crippen LogP contribution is -2.27. The largest absolute Gasteiger partial charge is 0.390 e. The van der Waals surface area contributed by atoms with E-state index in [4.69, 9.17) is 0 Å². The maximum absolute atomic E-state index is 11.4. The van der Waals surface area contributed by atoms with Gasteiger partial charge in [-0.25, -0.2) is 0 Å². The van der Waals surface area contributed by atoms with E-state index in [9.17, 15) is 15.0 Å². The van der Waals surface area contributed by atoms with E-state index < -0.39 is 12.2 Å². The zero-order valence-electron chi connectivity index (χ0n) is 8.90. The smallest absolute Gasteiger partial charge is 0.253 e. The van der Waals surface area contributed by atoms with E-state index in [0.717, 1.165) is 0 Å². The van der Waals surface area contributed by atoms with E-state index in [1.807, 2.05) is 0 Å². The minimum absolute atomic E-state index is 0.165. The highest BCUT2D eigenvalue weighted by Gasteiger charge is 2.20. The second kappa shape index (κ2) is 6.15. The van der Waals surface area contributed by atoms with E-state index in [1.165, 1.54) is 12.3 Å². The van der Waals surface area contributed by atoms with E-state index in [-0.39, 0.29) is 11.1 Å². The third-order valence-electron chi connectivity index (χ3n) is 2.27. The summed E-state index contributed by atoms with van der Waals surface area (Å²) in [5.41, 5.74) is -0.225. The summed E-state index contributed by atoms with van der Waals surface area (Å²) in [7, 11) is 1.75. The molecule has 1 aromatic heterocycles. The van der Waals surface area contributed by atoms with Gasteiger partial charge in [0.1, 0.15) is 6.10 Å². The second-order valence-electron chi connectivity index (χ2n) is 3.51. The fraction of sp³-hybridized carbons (Fsp3) is 0.500. The zero-order valence-corrected chi connectivity index (χ0v) is 10.5. The number of hydrogen-bond donors (Lipinski definition) is 4. The molecule has 1 heterocycles. The number of pyridine rings is 1. The Balaban J connectivity index is 2.82. The van der Waals surface area contributed by atoms with Gasteiger partial charge >= 0.3 is 0 Å². The maximum atomic E-state index is 11.4. The fourth-order valence-electron chi connectivity index (χ4n) is 1.35. The molecule has 90 valence electrons. The molecule has 1 rings (SSSR count). The van der Waals surface area contributed by atoms with E-state index in [0.29, 0.717) is 17.4 Å². The number of nitrogens with one attached hydrogen (secondary N) is 2. The molecule has 0 aliphatic carbocycles. The van der Waals surface area contributed by atoms with Gasteiger partial charge in [-0.05, 0) is 42.0 Å². The van der Waals surface area contributed by atoms with Crippen LogP contribution in [0.15, 0.2) is 21.5 Å². The topological polar surface area (TPSA) is 85.3 Å². The van der Waals surface area contributed by atoms with Crippen molar-refractivity contribution < 1.29 is 10.2 Å². The average molecular weight is 291 g/mol. The SMILES string of the molecule is CNCCC(O)C(O)c1cc(Br)c[nH]c1=O. The predicted molar refractivity (Wildman–Crippen MR) is 64.3 cm³/mol. The molecule has 1 aromatic rings. The molecule has 0 aliphatic rings. The molecule has 0 aromatic carbocycles. The number of aromatic amines is 1. The number of halogens is 1. The molecule has 0 aliphatic heterocycles. The molecule has 0 bridgehead atoms. The number of aliphatic hydroxyl groups excluding tert-OH is 2. The summed E-state index contributed by atoms with van der Waals surface area (Å²) in [6, 6.07) is 1.51. The van der Waals surface area contributed by atoms with Crippen LogP contribution < -0.4 is 10.9 Å². The molecule has 0 saturated heterocycles. The van der Waals surface area contributed by atoms with Crippen molar-refractivity contribution in [2.45, 2.75) is 18.6 Å². The Labute approximate surface area is 102 Å². The summed E-state index contributed by atoms with van der Waals surface area (Å²) in [6.45, 7) is 0.574. The molecular formula is C10H15BrN2O3. The lowest BCUT2D eigenvalue weighted by atomic mass is 10.0. The Morgan fingerprint density at radius 1 is 1.56 bits per heavy atom. The van der Waals surface area contributed by atoms with Crippen LogP contribution in [0.4, 0.5) is 0 Å². The lowest BCUT2D eigenvalue weighted by Gasteiger charge is -2.17. The van der Waals surface area contributed by atoms with Crippen LogP contribution >= 0.6 is 15.9 Å². The number of rotatable bonds is 5. The number of aromatic nitrogens is 1. The molecular weight excluding hydrogens is 276 g/mol. The third-order valence-corrected chi connectivity index (χ3v) is 2.73. The maximum Gasteiger partial charge on any atom is 0.253 e. The summed E-state index contributed by atoms with van der Waals surface area (Å²) in [5, 5.41) is 22.3. The first-order valence-electron chi connectivity index (χ1n) is 4.95. The Kier molecular flexibility index (Phi) is 5.14. The summed E-state index contributed by atoms with van der Waals surface area (Å²) in [4.78, 5) is 13.9. The fourth-order valence-corrected chi connectivity index (χ4v) is 1.71. The first-order valence-corrected chi connectivity index (χ1v) is 5.74. The summed E-state index contributed by atoms with van der Waals surface area (Å²) >= 11 is 3.19. The molecule has 5 nitrogen and oxygen atoms in total. The van der Waals surface area contributed by atoms with Crippen LogP contribution in [0.1, 0.15) is 18.1 Å². The van der Waals surface area contributed by atoms with Gasteiger partial charge in [0.2, 0.25) is 0 Å². The Morgan fingerprint density at radius 3 is 2.88 bits per heavy atom. The van der Waals surface area contributed by atoms with E-state index in [1.54, 1.807) is 7.05 Å². The van der Waals surface area contributed by atoms with Crippen LogP contribution in [0, 0.1) is 0 Å². The third kappa shape index (κ3) is 3.41. The normalized spacial score (nSPS) is 14.8. The molecule has 0 fully saturated rings. The Bertz CT molecular complexity index is 394. The van der Waals surface area contributed by atoms with Gasteiger partial charge < -0.3 is 20.5 Å². The van der Waals surface area contributed by atoms with Gasteiger partial charge in [0.05, 0.1) is 6.10 Å². The number of aliphatic hydroxyl groups is 2. The van der Waals surface area contributed by atoms with Crippen molar-refractivity contribution in [3.63, 3.8) is 0 Å². The van der Waals surface area contributed by atoms with Crippen LogP contribution in [0.2, 0.25) is 0 Å². The summed E-state index contributed by atoms with van der Waals surface area (Å²) < 4.78 is 0.655. The van der Waals surface area contributed by atoms with Gasteiger partial charge in [-0.15, -0.1) is 0 Å². The zero-order chi connectivity index (χ0) is 12.1. The van der Waals surface area contributed by atoms with Crippen molar-refractivity contribution in [3.8, 4) is 0 Å². The van der Waals surface area contributed by atoms with Crippen LogP contribution in [0.3, 0.4) is 0 Å². The highest BCUT2D eigenvalue weighted by Crippen LogP contribution is 2.18. The Morgan fingerprint density at radius 2 is 2.25 bits per heavy atom. The average Bonchev–Trinajstić information content (AvgIpc) is 2.28. The molecule has 0 radical (unpaired) electrons. The molecule has 2 unspecified atom stereocenters. The molecule has 0 saturated carbocycles. The van der Waals surface area contributed by atoms with Gasteiger partial charge in [-0.3, -0.25) is 4.79 Å². The molecule has 0 spiro atoms. The predicted octanol–water partition coefficient (Wildman–Crippen LogP) is 0.141. The van der Waals surface area contributed by atoms with Crippen LogP contribution in [-0.4, -0.2) is 34.9 Å². The first kappa shape index (κ1) is 13.4. The molecule has 2 atom stereocenters. The van der Waals surface area contributed by atoms with Crippen molar-refractivity contribution in [1.82, 2.24) is 10.3 Å². The molecule has 6 heteroatoms. The van der Waals surface area contributed by atoms with Crippen molar-refractivity contribution in [1.29, 1.82) is 0 Å². The van der Waals surface area contributed by atoms with Gasteiger partial charge in [0.15, 0.2) is 0 Å². The lowest BCUT2D eigenvalue weighted by molar-refractivity contribution is 0.0132. The van der Waals surface area contributed by atoms with E-state index in [2.05, 4.69) is 26.2 Å². The van der Waals surface area contributed by atoms with Crippen molar-refractivity contribution in [2.24, 2.45) is 0 Å². The standard InChI is InChI=1S/C10H15BrN2O3/c1-12-3-2-8(14)9(15)7-4-6(11)5-13-10(7)16/h4-5,8-9,12,14-15H,2-3H2,1H3,(H,13,16).